The Hall–Kier alpha value is -0.710. The average molecular weight is 201 g/mol. The van der Waals surface area contributed by atoms with Gasteiger partial charge in [0, 0.05) is 18.0 Å². The SMILES string of the molecule is CCCNC(=O)N/N=C1/CCSC1. The van der Waals surface area contributed by atoms with Crippen molar-refractivity contribution in [2.45, 2.75) is 19.8 Å². The lowest BCUT2D eigenvalue weighted by Crippen LogP contribution is -2.33. The Balaban J connectivity index is 2.16. The normalized spacial score (nSPS) is 19.0. The molecule has 0 spiro atoms. The van der Waals surface area contributed by atoms with Crippen LogP contribution in [0.3, 0.4) is 0 Å². The maximum atomic E-state index is 11.0. The lowest BCUT2D eigenvalue weighted by atomic mass is 10.3. The molecule has 1 aliphatic heterocycles. The predicted octanol–water partition coefficient (Wildman–Crippen LogP) is 1.19. The van der Waals surface area contributed by atoms with Crippen LogP contribution in [-0.2, 0) is 0 Å². The topological polar surface area (TPSA) is 53.5 Å². The van der Waals surface area contributed by atoms with Crippen LogP contribution in [0.15, 0.2) is 5.10 Å². The molecule has 0 aromatic heterocycles. The lowest BCUT2D eigenvalue weighted by Gasteiger charge is -2.01. The number of thioether (sulfide) groups is 1. The molecule has 74 valence electrons. The standard InChI is InChI=1S/C8H15N3OS/c1-2-4-9-8(12)11-10-7-3-5-13-6-7/h2-6H2,1H3,(H2,9,11,12)/b10-7-. The third-order valence-corrected chi connectivity index (χ3v) is 2.68. The summed E-state index contributed by atoms with van der Waals surface area (Å²) in [7, 11) is 0. The fourth-order valence-corrected chi connectivity index (χ4v) is 1.92. The Morgan fingerprint density at radius 3 is 3.15 bits per heavy atom. The van der Waals surface area contributed by atoms with Crippen LogP contribution >= 0.6 is 11.8 Å². The van der Waals surface area contributed by atoms with Gasteiger partial charge in [-0.1, -0.05) is 6.92 Å². The number of urea groups is 1. The van der Waals surface area contributed by atoms with Gasteiger partial charge in [-0.15, -0.1) is 0 Å². The largest absolute Gasteiger partial charge is 0.337 e. The van der Waals surface area contributed by atoms with E-state index in [0.717, 1.165) is 30.1 Å². The first-order valence-corrected chi connectivity index (χ1v) is 5.65. The van der Waals surface area contributed by atoms with Crippen LogP contribution < -0.4 is 10.7 Å². The predicted molar refractivity (Wildman–Crippen MR) is 56.2 cm³/mol. The van der Waals surface area contributed by atoms with Gasteiger partial charge < -0.3 is 5.32 Å². The zero-order valence-electron chi connectivity index (χ0n) is 7.80. The van der Waals surface area contributed by atoms with Crippen molar-refractivity contribution in [3.63, 3.8) is 0 Å². The number of rotatable bonds is 3. The van der Waals surface area contributed by atoms with Gasteiger partial charge in [-0.25, -0.2) is 10.2 Å². The molecule has 2 amide bonds. The van der Waals surface area contributed by atoms with Crippen LogP contribution in [0.25, 0.3) is 0 Å². The number of carbonyl (C=O) groups is 1. The molecule has 5 heteroatoms. The Morgan fingerprint density at radius 1 is 1.69 bits per heavy atom. The summed E-state index contributed by atoms with van der Waals surface area (Å²) >= 11 is 1.85. The molecule has 1 aliphatic rings. The Morgan fingerprint density at radius 2 is 2.54 bits per heavy atom. The molecule has 0 unspecified atom stereocenters. The Kier molecular flexibility index (Phi) is 4.67. The van der Waals surface area contributed by atoms with Crippen LogP contribution in [0, 0.1) is 0 Å². The van der Waals surface area contributed by atoms with Gasteiger partial charge in [0.2, 0.25) is 0 Å². The van der Waals surface area contributed by atoms with Crippen molar-refractivity contribution in [3.05, 3.63) is 0 Å². The number of nitrogens with zero attached hydrogens (tertiary/aromatic N) is 1. The molecular formula is C8H15N3OS. The van der Waals surface area contributed by atoms with Crippen LogP contribution in [0.2, 0.25) is 0 Å². The molecule has 0 aromatic rings. The summed E-state index contributed by atoms with van der Waals surface area (Å²) in [5.74, 6) is 2.07. The van der Waals surface area contributed by atoms with Gasteiger partial charge in [-0.3, -0.25) is 0 Å². The van der Waals surface area contributed by atoms with Gasteiger partial charge in [-0.05, 0) is 18.6 Å². The highest BCUT2D eigenvalue weighted by Gasteiger charge is 2.08. The van der Waals surface area contributed by atoms with Gasteiger partial charge in [0.1, 0.15) is 0 Å². The number of hydrogen-bond acceptors (Lipinski definition) is 3. The molecule has 1 rings (SSSR count). The molecule has 0 saturated carbocycles. The minimum absolute atomic E-state index is 0.203. The average Bonchev–Trinajstić information content (AvgIpc) is 2.64. The zero-order chi connectivity index (χ0) is 9.52. The monoisotopic (exact) mass is 201 g/mol. The van der Waals surface area contributed by atoms with Gasteiger partial charge in [0.15, 0.2) is 0 Å². The lowest BCUT2D eigenvalue weighted by molar-refractivity contribution is 0.241. The summed E-state index contributed by atoms with van der Waals surface area (Å²) in [6.07, 6.45) is 1.94. The Bertz CT molecular complexity index is 198. The molecule has 0 bridgehead atoms. The molecule has 0 aromatic carbocycles. The second-order valence-corrected chi connectivity index (χ2v) is 3.95. The van der Waals surface area contributed by atoms with Crippen LogP contribution in [0.5, 0.6) is 0 Å². The van der Waals surface area contributed by atoms with Crippen LogP contribution in [0.4, 0.5) is 4.79 Å². The molecule has 13 heavy (non-hydrogen) atoms. The first-order chi connectivity index (χ1) is 6.33. The van der Waals surface area contributed by atoms with Crippen molar-refractivity contribution in [1.82, 2.24) is 10.7 Å². The highest BCUT2D eigenvalue weighted by molar-refractivity contribution is 8.00. The maximum absolute atomic E-state index is 11.0. The summed E-state index contributed by atoms with van der Waals surface area (Å²) in [5.41, 5.74) is 3.56. The minimum Gasteiger partial charge on any atom is -0.337 e. The molecule has 0 atom stereocenters. The summed E-state index contributed by atoms with van der Waals surface area (Å²) in [6, 6.07) is -0.203. The molecular weight excluding hydrogens is 186 g/mol. The zero-order valence-corrected chi connectivity index (χ0v) is 8.62. The second-order valence-electron chi connectivity index (χ2n) is 2.85. The highest BCUT2D eigenvalue weighted by atomic mass is 32.2. The maximum Gasteiger partial charge on any atom is 0.335 e. The van der Waals surface area contributed by atoms with Gasteiger partial charge >= 0.3 is 6.03 Å². The van der Waals surface area contributed by atoms with Crippen molar-refractivity contribution in [2.75, 3.05) is 18.1 Å². The number of amides is 2. The first kappa shape index (κ1) is 10.4. The summed E-state index contributed by atoms with van der Waals surface area (Å²) in [4.78, 5) is 11.0. The van der Waals surface area contributed by atoms with Crippen LogP contribution in [0.1, 0.15) is 19.8 Å². The first-order valence-electron chi connectivity index (χ1n) is 4.50. The van der Waals surface area contributed by atoms with E-state index < -0.39 is 0 Å². The number of carbonyl (C=O) groups excluding carboxylic acids is 1. The fraction of sp³-hybridized carbons (Fsp3) is 0.750. The molecule has 1 fully saturated rings. The van der Waals surface area contributed by atoms with Gasteiger partial charge in [0.25, 0.3) is 0 Å². The number of hydrogen-bond donors (Lipinski definition) is 2. The van der Waals surface area contributed by atoms with Crippen molar-refractivity contribution in [1.29, 1.82) is 0 Å². The fourth-order valence-electron chi connectivity index (χ4n) is 0.948. The van der Waals surface area contributed by atoms with Crippen molar-refractivity contribution in [3.8, 4) is 0 Å². The van der Waals surface area contributed by atoms with E-state index in [1.165, 1.54) is 0 Å². The smallest absolute Gasteiger partial charge is 0.335 e. The number of hydrazone groups is 1. The molecule has 1 heterocycles. The van der Waals surface area contributed by atoms with E-state index in [1.807, 2.05) is 18.7 Å². The van der Waals surface area contributed by atoms with E-state index in [9.17, 15) is 4.79 Å². The highest BCUT2D eigenvalue weighted by Crippen LogP contribution is 2.13. The second kappa shape index (κ2) is 5.85. The summed E-state index contributed by atoms with van der Waals surface area (Å²) in [6.45, 7) is 2.71. The van der Waals surface area contributed by atoms with E-state index in [1.54, 1.807) is 0 Å². The summed E-state index contributed by atoms with van der Waals surface area (Å²) in [5, 5.41) is 6.70. The number of nitrogens with one attached hydrogen (secondary N) is 2. The quantitative estimate of drug-likeness (QED) is 0.674. The van der Waals surface area contributed by atoms with Gasteiger partial charge in [-0.2, -0.15) is 16.9 Å². The molecule has 2 N–H and O–H groups in total. The molecule has 4 nitrogen and oxygen atoms in total. The summed E-state index contributed by atoms with van der Waals surface area (Å²) < 4.78 is 0. The minimum atomic E-state index is -0.203. The molecule has 0 aliphatic carbocycles. The molecule has 0 radical (unpaired) electrons. The van der Waals surface area contributed by atoms with E-state index in [2.05, 4.69) is 15.8 Å². The third kappa shape index (κ3) is 4.17. The van der Waals surface area contributed by atoms with Crippen LogP contribution in [-0.4, -0.2) is 29.8 Å². The van der Waals surface area contributed by atoms with Crippen molar-refractivity contribution >= 4 is 23.5 Å². The van der Waals surface area contributed by atoms with Crippen molar-refractivity contribution < 1.29 is 4.79 Å². The van der Waals surface area contributed by atoms with E-state index in [-0.39, 0.29) is 6.03 Å². The Labute approximate surface area is 82.5 Å². The van der Waals surface area contributed by atoms with E-state index in [4.69, 9.17) is 0 Å². The van der Waals surface area contributed by atoms with Gasteiger partial charge in [0.05, 0.1) is 0 Å². The van der Waals surface area contributed by atoms with E-state index in [0.29, 0.717) is 6.54 Å². The van der Waals surface area contributed by atoms with E-state index >= 15 is 0 Å². The molecule has 1 saturated heterocycles. The van der Waals surface area contributed by atoms with Crippen molar-refractivity contribution in [2.24, 2.45) is 5.10 Å². The third-order valence-electron chi connectivity index (χ3n) is 1.65.